The number of aromatic nitrogens is 12. The topological polar surface area (TPSA) is 496 Å². The van der Waals surface area contributed by atoms with Crippen LogP contribution < -0.4 is 17.2 Å². The first-order chi connectivity index (χ1) is 32.2. The molecule has 3 fully saturated rings. The lowest BCUT2D eigenvalue weighted by Crippen LogP contribution is -2.37. The fourth-order valence-electron chi connectivity index (χ4n) is 7.65. The molecule has 9 rings (SSSR count). The van der Waals surface area contributed by atoms with E-state index in [2.05, 4.69) is 49.4 Å². The number of fused-ring (bicyclic) bond motifs is 3. The van der Waals surface area contributed by atoms with E-state index in [1.54, 1.807) is 0 Å². The van der Waals surface area contributed by atoms with Crippen LogP contribution in [-0.2, 0) is 50.7 Å². The number of rotatable bonds is 17. The Labute approximate surface area is 377 Å². The van der Waals surface area contributed by atoms with Crippen LogP contribution in [0.2, 0.25) is 0 Å². The van der Waals surface area contributed by atoms with Gasteiger partial charge in [-0.2, -0.15) is 0 Å². The zero-order valence-electron chi connectivity index (χ0n) is 34.2. The Morgan fingerprint density at radius 1 is 0.529 bits per heavy atom. The van der Waals surface area contributed by atoms with Crippen molar-refractivity contribution in [3.05, 3.63) is 38.0 Å². The van der Waals surface area contributed by atoms with Gasteiger partial charge in [-0.15, -0.1) is 0 Å². The van der Waals surface area contributed by atoms with Crippen molar-refractivity contribution in [2.24, 2.45) is 0 Å². The Balaban J connectivity index is 0.891. The third-order valence-corrected chi connectivity index (χ3v) is 13.4. The quantitative estimate of drug-likeness (QED) is 0.0396. The number of aliphatic hydroxyl groups is 4. The van der Waals surface area contributed by atoms with Gasteiger partial charge in [0.2, 0.25) is 0 Å². The third kappa shape index (κ3) is 9.42. The van der Waals surface area contributed by atoms with Crippen LogP contribution in [0.15, 0.2) is 38.0 Å². The molecule has 0 amide bonds. The normalized spacial score (nSPS) is 30.7. The average molecular weight is 1020 g/mol. The molecule has 9 heterocycles. The smallest absolute Gasteiger partial charge is 0.387 e. The van der Waals surface area contributed by atoms with Gasteiger partial charge in [0, 0.05) is 0 Å². The molecule has 0 aromatic carbocycles. The molecule has 6 aromatic heterocycles. The Bertz CT molecular complexity index is 2960. The highest BCUT2D eigenvalue weighted by molar-refractivity contribution is 7.52. The van der Waals surface area contributed by atoms with Gasteiger partial charge in [0.25, 0.3) is 0 Å². The molecule has 68 heavy (non-hydrogen) atoms. The van der Waals surface area contributed by atoms with E-state index in [1.165, 1.54) is 21.8 Å². The summed E-state index contributed by atoms with van der Waals surface area (Å²) >= 11 is 0. The van der Waals surface area contributed by atoms with E-state index in [4.69, 9.17) is 49.7 Å². The fourth-order valence-corrected chi connectivity index (χ4v) is 9.74. The van der Waals surface area contributed by atoms with Gasteiger partial charge < -0.3 is 80.7 Å². The number of aliphatic hydroxyl groups excluding tert-OH is 4. The number of hydrogen-bond donors (Lipinski definition) is 11. The van der Waals surface area contributed by atoms with Gasteiger partial charge >= 0.3 is 23.2 Å². The summed E-state index contributed by atoms with van der Waals surface area (Å²) in [4.78, 5) is 76.7. The highest BCUT2D eigenvalue weighted by Gasteiger charge is 2.52. The summed E-state index contributed by atoms with van der Waals surface area (Å²) in [5.74, 6) is -0.0735. The zero-order valence-corrected chi connectivity index (χ0v) is 36.9. The molecule has 14 N–H and O–H groups in total. The number of ether oxygens (including phenoxy) is 4. The first-order valence-electron chi connectivity index (χ1n) is 19.6. The molecule has 3 saturated heterocycles. The van der Waals surface area contributed by atoms with Crippen molar-refractivity contribution in [3.8, 4) is 0 Å². The molecular weight excluding hydrogens is 979 g/mol. The second kappa shape index (κ2) is 18.4. The van der Waals surface area contributed by atoms with Crippen LogP contribution in [0.4, 0.5) is 17.5 Å². The van der Waals surface area contributed by atoms with Gasteiger partial charge in [-0.1, -0.05) is 0 Å². The average Bonchev–Trinajstić information content (AvgIpc) is 4.14. The van der Waals surface area contributed by atoms with Gasteiger partial charge in [0.05, 0.1) is 38.8 Å². The summed E-state index contributed by atoms with van der Waals surface area (Å²) in [7, 11) is -15.3. The molecule has 34 nitrogen and oxygen atoms in total. The number of nitrogens with zero attached hydrogens (tertiary/aromatic N) is 12. The molecule has 368 valence electrons. The standard InChI is InChI=1S/C31H40N15O19P3/c32-23-14-26(38-4-35-23)44(7-41-14)29-20(50)17(47)11(62-29)3-61-68(56,57)65-22-19(49)12(64-31(22)46-9-43-16-25(34)37-6-40-28(16)46)1-59-66(51,52)10-58-21-18(48)13(2-60-67(53,54)55)63-30(21)45-8-42-15-24(33)36-5-39-27(15)45/h4-9,11-13,17-22,29-31,47-50H,1-3,10H2,(H,51,52)(H,56,57)(H2,32,35,38)(H2,33,36,39)(H2,34,37,40)(H2,53,54,55)/t11-,12-,13-,17-,18+,19-,20-,21-,22-,29-,30-,31-/m1/s1. The Kier molecular flexibility index (Phi) is 13.1. The number of hydrogen-bond acceptors (Lipinski definition) is 27. The van der Waals surface area contributed by atoms with Gasteiger partial charge in [-0.05, 0) is 0 Å². The number of phosphoric ester groups is 2. The van der Waals surface area contributed by atoms with Crippen molar-refractivity contribution >= 4 is 74.2 Å². The number of anilines is 3. The number of nitrogens with two attached hydrogens (primary N) is 3. The van der Waals surface area contributed by atoms with Crippen LogP contribution in [0.3, 0.4) is 0 Å². The number of phosphoric acid groups is 2. The molecule has 2 unspecified atom stereocenters. The van der Waals surface area contributed by atoms with Gasteiger partial charge in [-0.25, -0.2) is 54.0 Å². The van der Waals surface area contributed by atoms with Crippen LogP contribution in [0, 0.1) is 0 Å². The van der Waals surface area contributed by atoms with E-state index in [0.717, 1.165) is 29.9 Å². The Morgan fingerprint density at radius 2 is 0.941 bits per heavy atom. The maximum Gasteiger partial charge on any atom is 0.472 e. The van der Waals surface area contributed by atoms with Crippen molar-refractivity contribution in [2.75, 3.05) is 43.4 Å². The Morgan fingerprint density at radius 3 is 1.44 bits per heavy atom. The SMILES string of the molecule is Nc1ncnc2c1ncn2[C@@H]1O[C@H](COP(=O)(O)O[C@@H]2[C@H](O)[C@@H](COP(=O)(O)CO[C@@H]3[C@@H](O)[C@@H](COP(=O)(O)O)O[C@H]3n3cnc4c(N)ncnc43)O[C@H]2n2cnc3c(N)ncnc32)[C@@H](O)[C@H]1O. The van der Waals surface area contributed by atoms with Crippen LogP contribution in [0.25, 0.3) is 33.5 Å². The first-order valence-corrected chi connectivity index (χ1v) is 24.4. The van der Waals surface area contributed by atoms with Gasteiger partial charge in [-0.3, -0.25) is 31.8 Å². The molecule has 3 aliphatic heterocycles. The lowest BCUT2D eigenvalue weighted by atomic mass is 10.1. The molecule has 6 aromatic rings. The first kappa shape index (κ1) is 48.1. The molecule has 0 bridgehead atoms. The monoisotopic (exact) mass is 1020 g/mol. The van der Waals surface area contributed by atoms with Crippen LogP contribution in [-0.4, -0.2) is 180 Å². The molecule has 0 aliphatic carbocycles. The summed E-state index contributed by atoms with van der Waals surface area (Å²) in [5, 5.41) is 44.4. The lowest BCUT2D eigenvalue weighted by Gasteiger charge is -2.25. The molecule has 3 aliphatic rings. The highest BCUT2D eigenvalue weighted by atomic mass is 31.2. The summed E-state index contributed by atoms with van der Waals surface area (Å²) in [6, 6.07) is 0. The number of nitrogen functional groups attached to an aromatic ring is 3. The maximum absolute atomic E-state index is 13.6. The highest BCUT2D eigenvalue weighted by Crippen LogP contribution is 2.51. The minimum absolute atomic E-state index is 0.00226. The summed E-state index contributed by atoms with van der Waals surface area (Å²) in [6.45, 7) is -2.65. The molecule has 14 atom stereocenters. The van der Waals surface area contributed by atoms with Crippen LogP contribution in [0.5, 0.6) is 0 Å². The second-order valence-electron chi connectivity index (χ2n) is 15.2. The Hall–Kier alpha value is -4.90. The van der Waals surface area contributed by atoms with Gasteiger partial charge in [0.15, 0.2) is 53.1 Å². The van der Waals surface area contributed by atoms with E-state index in [0.29, 0.717) is 0 Å². The van der Waals surface area contributed by atoms with E-state index >= 15 is 0 Å². The van der Waals surface area contributed by atoms with E-state index in [9.17, 15) is 53.7 Å². The van der Waals surface area contributed by atoms with Crippen molar-refractivity contribution in [3.63, 3.8) is 0 Å². The molecular formula is C31H40N15O19P3. The fraction of sp³-hybridized carbons (Fsp3) is 0.516. The molecule has 37 heteroatoms. The van der Waals surface area contributed by atoms with Crippen LogP contribution in [0.1, 0.15) is 18.7 Å². The van der Waals surface area contributed by atoms with Gasteiger partial charge in [0.1, 0.15) is 96.8 Å². The third-order valence-electron chi connectivity index (χ3n) is 10.9. The predicted octanol–water partition coefficient (Wildman–Crippen LogP) is -3.46. The van der Waals surface area contributed by atoms with Crippen molar-refractivity contribution in [1.82, 2.24) is 58.6 Å². The summed E-state index contributed by atoms with van der Waals surface area (Å²) in [5.41, 5.74) is 18.2. The predicted molar refractivity (Wildman–Crippen MR) is 219 cm³/mol. The van der Waals surface area contributed by atoms with Crippen molar-refractivity contribution in [1.29, 1.82) is 0 Å². The van der Waals surface area contributed by atoms with Crippen molar-refractivity contribution in [2.45, 2.75) is 73.6 Å². The van der Waals surface area contributed by atoms with Crippen molar-refractivity contribution < 1.29 is 90.7 Å². The minimum Gasteiger partial charge on any atom is -0.387 e. The van der Waals surface area contributed by atoms with E-state index in [-0.39, 0.29) is 50.9 Å². The second-order valence-corrected chi connectivity index (χ2v) is 19.7. The van der Waals surface area contributed by atoms with E-state index < -0.39 is 123 Å². The minimum atomic E-state index is -5.32. The number of imidazole rings is 3. The van der Waals surface area contributed by atoms with E-state index in [1.807, 2.05) is 0 Å². The molecule has 0 radical (unpaired) electrons. The largest absolute Gasteiger partial charge is 0.472 e. The lowest BCUT2D eigenvalue weighted by molar-refractivity contribution is -0.0664. The summed E-state index contributed by atoms with van der Waals surface area (Å²) in [6.07, 6.45) is -13.7. The molecule has 0 saturated carbocycles. The van der Waals surface area contributed by atoms with Crippen LogP contribution >= 0.6 is 23.2 Å². The summed E-state index contributed by atoms with van der Waals surface area (Å²) < 4.78 is 85.9. The maximum atomic E-state index is 13.6. The molecule has 0 spiro atoms. The zero-order chi connectivity index (χ0) is 48.4.